The predicted octanol–water partition coefficient (Wildman–Crippen LogP) is 3.86. The Bertz CT molecular complexity index is 300. The van der Waals surface area contributed by atoms with E-state index in [1.54, 1.807) is 0 Å². The second-order valence-electron chi connectivity index (χ2n) is 3.43. The van der Waals surface area contributed by atoms with Gasteiger partial charge in [0.1, 0.15) is 0 Å². The third kappa shape index (κ3) is 3.29. The minimum absolute atomic E-state index is 0.306. The largest absolute Gasteiger partial charge is 0.323 e. The van der Waals surface area contributed by atoms with Gasteiger partial charge >= 0.3 is 0 Å². The Hall–Kier alpha value is -0.0000000000000000555. The molecule has 0 saturated carbocycles. The number of hydrogen-bond donors (Lipinski definition) is 1. The maximum atomic E-state index is 12.7. The third-order valence-corrected chi connectivity index (χ3v) is 4.09. The first kappa shape index (κ1) is 12.1. The number of alkyl halides is 2. The lowest BCUT2D eigenvalue weighted by atomic mass is 10.1. The number of halogens is 3. The third-order valence-electron chi connectivity index (χ3n) is 1.82. The summed E-state index contributed by atoms with van der Waals surface area (Å²) in [5.41, 5.74) is 5.67. The summed E-state index contributed by atoms with van der Waals surface area (Å²) in [6.07, 6.45) is -0.306. The first-order chi connectivity index (χ1) is 6.29. The summed E-state index contributed by atoms with van der Waals surface area (Å²) in [6.45, 7) is 2.82. The van der Waals surface area contributed by atoms with Gasteiger partial charge in [-0.1, -0.05) is 0 Å². The zero-order valence-corrected chi connectivity index (χ0v) is 10.4. The molecule has 0 spiro atoms. The molecule has 1 aromatic heterocycles. The smallest absolute Gasteiger partial charge is 0.247 e. The van der Waals surface area contributed by atoms with Gasteiger partial charge in [-0.25, -0.2) is 8.78 Å². The molecule has 0 saturated heterocycles. The standard InChI is InChI=1S/C9H12BrF2NS/c1-5-6(10)3-8(14-5)7(13)4-9(2,11)12/h3,7H,4,13H2,1-2H3. The van der Waals surface area contributed by atoms with Crippen molar-refractivity contribution in [3.63, 3.8) is 0 Å². The van der Waals surface area contributed by atoms with Gasteiger partial charge in [0.2, 0.25) is 5.92 Å². The number of hydrogen-bond acceptors (Lipinski definition) is 2. The molecule has 1 heterocycles. The summed E-state index contributed by atoms with van der Waals surface area (Å²) < 4.78 is 26.3. The van der Waals surface area contributed by atoms with Crippen LogP contribution in [0.5, 0.6) is 0 Å². The van der Waals surface area contributed by atoms with Crippen molar-refractivity contribution >= 4 is 27.3 Å². The lowest BCUT2D eigenvalue weighted by Crippen LogP contribution is -2.20. The van der Waals surface area contributed by atoms with Crippen molar-refractivity contribution in [3.8, 4) is 0 Å². The van der Waals surface area contributed by atoms with Crippen molar-refractivity contribution in [1.82, 2.24) is 0 Å². The Labute approximate surface area is 94.4 Å². The van der Waals surface area contributed by atoms with Gasteiger partial charge in [0.25, 0.3) is 0 Å². The molecule has 1 atom stereocenters. The summed E-state index contributed by atoms with van der Waals surface area (Å²) >= 11 is 4.79. The van der Waals surface area contributed by atoms with Crippen LogP contribution in [0.15, 0.2) is 10.5 Å². The first-order valence-corrected chi connectivity index (χ1v) is 5.80. The second-order valence-corrected chi connectivity index (χ2v) is 5.58. The van der Waals surface area contributed by atoms with Crippen molar-refractivity contribution in [1.29, 1.82) is 0 Å². The molecule has 0 aliphatic carbocycles. The molecule has 0 fully saturated rings. The van der Waals surface area contributed by atoms with E-state index in [2.05, 4.69) is 15.9 Å². The quantitative estimate of drug-likeness (QED) is 0.896. The fourth-order valence-electron chi connectivity index (χ4n) is 1.15. The topological polar surface area (TPSA) is 26.0 Å². The lowest BCUT2D eigenvalue weighted by Gasteiger charge is -2.15. The second kappa shape index (κ2) is 4.24. The Morgan fingerprint density at radius 1 is 1.64 bits per heavy atom. The maximum absolute atomic E-state index is 12.7. The van der Waals surface area contributed by atoms with Crippen LogP contribution in [0.1, 0.15) is 29.1 Å². The average molecular weight is 284 g/mol. The van der Waals surface area contributed by atoms with Crippen LogP contribution in [-0.4, -0.2) is 5.92 Å². The van der Waals surface area contributed by atoms with E-state index in [0.717, 1.165) is 21.2 Å². The van der Waals surface area contributed by atoms with Crippen LogP contribution in [0.25, 0.3) is 0 Å². The van der Waals surface area contributed by atoms with Crippen molar-refractivity contribution in [3.05, 3.63) is 20.3 Å². The van der Waals surface area contributed by atoms with E-state index in [4.69, 9.17) is 5.73 Å². The molecule has 2 N–H and O–H groups in total. The van der Waals surface area contributed by atoms with E-state index in [1.807, 2.05) is 13.0 Å². The summed E-state index contributed by atoms with van der Waals surface area (Å²) in [6, 6.07) is 1.24. The molecule has 1 unspecified atom stereocenters. The van der Waals surface area contributed by atoms with Crippen molar-refractivity contribution in [2.75, 3.05) is 0 Å². The summed E-state index contributed by atoms with van der Waals surface area (Å²) in [5, 5.41) is 0. The van der Waals surface area contributed by atoms with Gasteiger partial charge in [0.15, 0.2) is 0 Å². The van der Waals surface area contributed by atoms with Crippen LogP contribution in [-0.2, 0) is 0 Å². The normalized spacial score (nSPS) is 14.4. The van der Waals surface area contributed by atoms with E-state index < -0.39 is 12.0 Å². The highest BCUT2D eigenvalue weighted by atomic mass is 79.9. The van der Waals surface area contributed by atoms with Gasteiger partial charge in [-0.15, -0.1) is 11.3 Å². The van der Waals surface area contributed by atoms with Crippen LogP contribution in [0.4, 0.5) is 8.78 Å². The molecule has 0 aliphatic heterocycles. The lowest BCUT2D eigenvalue weighted by molar-refractivity contribution is 0.00646. The van der Waals surface area contributed by atoms with Crippen LogP contribution in [0, 0.1) is 6.92 Å². The van der Waals surface area contributed by atoms with Crippen LogP contribution < -0.4 is 5.73 Å². The minimum Gasteiger partial charge on any atom is -0.323 e. The highest BCUT2D eigenvalue weighted by Crippen LogP contribution is 2.34. The minimum atomic E-state index is -2.70. The van der Waals surface area contributed by atoms with E-state index in [0.29, 0.717) is 0 Å². The molecular weight excluding hydrogens is 272 g/mol. The Balaban J connectivity index is 2.75. The molecule has 14 heavy (non-hydrogen) atoms. The molecule has 1 nitrogen and oxygen atoms in total. The van der Waals surface area contributed by atoms with Gasteiger partial charge in [0, 0.05) is 26.7 Å². The van der Waals surface area contributed by atoms with Gasteiger partial charge < -0.3 is 5.73 Å². The molecule has 80 valence electrons. The maximum Gasteiger partial charge on any atom is 0.247 e. The molecule has 0 aromatic carbocycles. The van der Waals surface area contributed by atoms with Gasteiger partial charge in [-0.05, 0) is 35.8 Å². The molecule has 0 aliphatic rings. The first-order valence-electron chi connectivity index (χ1n) is 4.19. The highest BCUT2D eigenvalue weighted by molar-refractivity contribution is 9.10. The van der Waals surface area contributed by atoms with E-state index in [1.165, 1.54) is 11.3 Å². The van der Waals surface area contributed by atoms with Crippen molar-refractivity contribution < 1.29 is 8.78 Å². The Morgan fingerprint density at radius 2 is 2.21 bits per heavy atom. The zero-order chi connectivity index (χ0) is 10.9. The van der Waals surface area contributed by atoms with Gasteiger partial charge in [0.05, 0.1) is 0 Å². The molecular formula is C9H12BrF2NS. The SMILES string of the molecule is Cc1sc(C(N)CC(C)(F)F)cc1Br. The highest BCUT2D eigenvalue weighted by Gasteiger charge is 2.26. The zero-order valence-electron chi connectivity index (χ0n) is 7.98. The number of nitrogens with two attached hydrogens (primary N) is 1. The Kier molecular flexibility index (Phi) is 3.66. The molecule has 1 rings (SSSR count). The fourth-order valence-corrected chi connectivity index (χ4v) is 2.71. The van der Waals surface area contributed by atoms with Gasteiger partial charge in [-0.2, -0.15) is 0 Å². The molecule has 0 amide bonds. The predicted molar refractivity (Wildman–Crippen MR) is 58.9 cm³/mol. The average Bonchev–Trinajstić information content (AvgIpc) is 2.28. The van der Waals surface area contributed by atoms with Crippen LogP contribution >= 0.6 is 27.3 Å². The monoisotopic (exact) mass is 283 g/mol. The van der Waals surface area contributed by atoms with Crippen molar-refractivity contribution in [2.45, 2.75) is 32.2 Å². The van der Waals surface area contributed by atoms with E-state index >= 15 is 0 Å². The molecule has 0 radical (unpaired) electrons. The van der Waals surface area contributed by atoms with Gasteiger partial charge in [-0.3, -0.25) is 0 Å². The number of rotatable bonds is 3. The molecule has 1 aromatic rings. The van der Waals surface area contributed by atoms with E-state index in [9.17, 15) is 8.78 Å². The number of thiophene rings is 1. The van der Waals surface area contributed by atoms with Crippen LogP contribution in [0.2, 0.25) is 0 Å². The van der Waals surface area contributed by atoms with Crippen molar-refractivity contribution in [2.24, 2.45) is 5.73 Å². The number of aryl methyl sites for hydroxylation is 1. The van der Waals surface area contributed by atoms with Crippen LogP contribution in [0.3, 0.4) is 0 Å². The fraction of sp³-hybridized carbons (Fsp3) is 0.556. The molecule has 5 heteroatoms. The summed E-state index contributed by atoms with van der Waals surface area (Å²) in [5.74, 6) is -2.70. The summed E-state index contributed by atoms with van der Waals surface area (Å²) in [4.78, 5) is 1.87. The molecule has 0 bridgehead atoms. The van der Waals surface area contributed by atoms with E-state index in [-0.39, 0.29) is 6.42 Å². The Morgan fingerprint density at radius 3 is 2.57 bits per heavy atom. The summed E-state index contributed by atoms with van der Waals surface area (Å²) in [7, 11) is 0.